The molecular weight excluding hydrogens is 182 g/mol. The second-order valence-corrected chi connectivity index (χ2v) is 3.94. The van der Waals surface area contributed by atoms with E-state index in [4.69, 9.17) is 0 Å². The molecule has 1 aromatic carbocycles. The highest BCUT2D eigenvalue weighted by atomic mass is 32.2. The Balaban J connectivity index is 2.32. The van der Waals surface area contributed by atoms with Crippen molar-refractivity contribution in [1.29, 1.82) is 0 Å². The van der Waals surface area contributed by atoms with Crippen molar-refractivity contribution in [3.05, 3.63) is 47.5 Å². The van der Waals surface area contributed by atoms with Crippen molar-refractivity contribution in [2.24, 2.45) is 0 Å². The lowest BCUT2D eigenvalue weighted by atomic mass is 10.2. The maximum atomic E-state index is 10.6. The Morgan fingerprint density at radius 1 is 1.38 bits per heavy atom. The highest BCUT2D eigenvalue weighted by Crippen LogP contribution is 1.96. The summed E-state index contributed by atoms with van der Waals surface area (Å²) in [5.41, 5.74) is 1.22. The molecule has 1 N–H and O–H groups in total. The lowest BCUT2D eigenvalue weighted by molar-refractivity contribution is 0.691. The second kappa shape index (κ2) is 5.54. The summed E-state index contributed by atoms with van der Waals surface area (Å²) in [6.07, 6.45) is 3.36. The van der Waals surface area contributed by atoms with E-state index < -0.39 is 10.8 Å². The van der Waals surface area contributed by atoms with Crippen LogP contribution in [0.4, 0.5) is 0 Å². The molecule has 0 aliphatic rings. The summed E-state index contributed by atoms with van der Waals surface area (Å²) in [5, 5.41) is 4.69. The molecule has 1 rings (SSSR count). The predicted octanol–water partition coefficient (Wildman–Crippen LogP) is 1.63. The quantitative estimate of drug-likeness (QED) is 0.791. The van der Waals surface area contributed by atoms with Gasteiger partial charge in [0, 0.05) is 35.2 Å². The van der Waals surface area contributed by atoms with E-state index in [2.05, 4.69) is 5.32 Å². The molecule has 70 valence electrons. The van der Waals surface area contributed by atoms with E-state index in [1.54, 1.807) is 17.9 Å². The van der Waals surface area contributed by atoms with Gasteiger partial charge in [0.05, 0.1) is 0 Å². The van der Waals surface area contributed by atoms with Crippen LogP contribution in [0.5, 0.6) is 0 Å². The maximum Gasteiger partial charge on any atom is 0.0439 e. The summed E-state index contributed by atoms with van der Waals surface area (Å²) < 4.78 is 10.6. The summed E-state index contributed by atoms with van der Waals surface area (Å²) in [6, 6.07) is 10.1. The van der Waals surface area contributed by atoms with Gasteiger partial charge in [0.15, 0.2) is 0 Å². The van der Waals surface area contributed by atoms with E-state index in [1.165, 1.54) is 5.56 Å². The molecule has 2 nitrogen and oxygen atoms in total. The molecule has 0 fully saturated rings. The molecule has 0 amide bonds. The van der Waals surface area contributed by atoms with E-state index in [0.29, 0.717) is 0 Å². The molecule has 0 bridgehead atoms. The monoisotopic (exact) mass is 195 g/mol. The third kappa shape index (κ3) is 4.48. The van der Waals surface area contributed by atoms with Crippen LogP contribution in [0, 0.1) is 0 Å². The number of hydrogen-bond donors (Lipinski definition) is 1. The molecule has 0 radical (unpaired) electrons. The molecule has 0 saturated carbocycles. The fraction of sp³-hybridized carbons (Fsp3) is 0.200. The Kier molecular flexibility index (Phi) is 4.26. The summed E-state index contributed by atoms with van der Waals surface area (Å²) in [7, 11) is -0.867. The number of hydrogen-bond acceptors (Lipinski definition) is 2. The van der Waals surface area contributed by atoms with Gasteiger partial charge in [-0.2, -0.15) is 0 Å². The van der Waals surface area contributed by atoms with E-state index in [-0.39, 0.29) is 0 Å². The summed E-state index contributed by atoms with van der Waals surface area (Å²) in [5.74, 6) is 0. The van der Waals surface area contributed by atoms with Crippen LogP contribution < -0.4 is 5.32 Å². The molecular formula is C10H13NOS. The van der Waals surface area contributed by atoms with Crippen molar-refractivity contribution in [2.75, 3.05) is 6.26 Å². The average Bonchev–Trinajstić information content (AvgIpc) is 2.14. The normalized spacial score (nSPS) is 13.0. The van der Waals surface area contributed by atoms with Gasteiger partial charge in [0.1, 0.15) is 0 Å². The van der Waals surface area contributed by atoms with Crippen molar-refractivity contribution in [3.8, 4) is 0 Å². The fourth-order valence-corrected chi connectivity index (χ4v) is 1.20. The van der Waals surface area contributed by atoms with Crippen molar-refractivity contribution < 1.29 is 4.21 Å². The highest BCUT2D eigenvalue weighted by molar-refractivity contribution is 7.87. The molecule has 0 heterocycles. The molecule has 0 aliphatic carbocycles. The van der Waals surface area contributed by atoms with Crippen LogP contribution >= 0.6 is 0 Å². The maximum absolute atomic E-state index is 10.6. The zero-order valence-corrected chi connectivity index (χ0v) is 8.38. The zero-order chi connectivity index (χ0) is 9.52. The average molecular weight is 195 g/mol. The van der Waals surface area contributed by atoms with Crippen molar-refractivity contribution in [2.45, 2.75) is 6.54 Å². The second-order valence-electron chi connectivity index (χ2n) is 2.67. The van der Waals surface area contributed by atoms with Crippen LogP contribution in [0.15, 0.2) is 41.9 Å². The smallest absolute Gasteiger partial charge is 0.0439 e. The minimum absolute atomic E-state index is 0.772. The van der Waals surface area contributed by atoms with Gasteiger partial charge in [-0.3, -0.25) is 4.21 Å². The summed E-state index contributed by atoms with van der Waals surface area (Å²) in [6.45, 7) is 0.772. The van der Waals surface area contributed by atoms with E-state index >= 15 is 0 Å². The van der Waals surface area contributed by atoms with Gasteiger partial charge in [-0.05, 0) is 5.56 Å². The van der Waals surface area contributed by atoms with Gasteiger partial charge in [-0.15, -0.1) is 0 Å². The van der Waals surface area contributed by atoms with E-state index in [1.807, 2.05) is 30.3 Å². The first-order valence-electron chi connectivity index (χ1n) is 4.05. The minimum Gasteiger partial charge on any atom is -0.386 e. The molecule has 3 heteroatoms. The SMILES string of the molecule is CS(=O)/C=C/NCc1ccccc1. The van der Waals surface area contributed by atoms with Gasteiger partial charge < -0.3 is 5.32 Å². The lowest BCUT2D eigenvalue weighted by Gasteiger charge is -1.99. The third-order valence-corrected chi connectivity index (χ3v) is 2.05. The van der Waals surface area contributed by atoms with Crippen molar-refractivity contribution in [3.63, 3.8) is 0 Å². The van der Waals surface area contributed by atoms with Crippen LogP contribution in [0.2, 0.25) is 0 Å². The largest absolute Gasteiger partial charge is 0.386 e. The molecule has 1 atom stereocenters. The molecule has 0 saturated heterocycles. The Hall–Kier alpha value is -1.09. The first-order chi connectivity index (χ1) is 6.29. The van der Waals surface area contributed by atoms with Crippen LogP contribution in [-0.2, 0) is 17.3 Å². The molecule has 0 aromatic heterocycles. The van der Waals surface area contributed by atoms with Gasteiger partial charge in [0.25, 0.3) is 0 Å². The van der Waals surface area contributed by atoms with Crippen molar-refractivity contribution in [1.82, 2.24) is 5.32 Å². The molecule has 1 unspecified atom stereocenters. The number of benzene rings is 1. The summed E-state index contributed by atoms with van der Waals surface area (Å²) in [4.78, 5) is 0. The first-order valence-corrected chi connectivity index (χ1v) is 5.67. The van der Waals surface area contributed by atoms with Gasteiger partial charge in [-0.25, -0.2) is 0 Å². The van der Waals surface area contributed by atoms with Gasteiger partial charge in [0.2, 0.25) is 0 Å². The van der Waals surface area contributed by atoms with Crippen LogP contribution in [0.25, 0.3) is 0 Å². The molecule has 0 spiro atoms. The molecule has 0 aliphatic heterocycles. The van der Waals surface area contributed by atoms with Crippen LogP contribution in [-0.4, -0.2) is 10.5 Å². The fourth-order valence-electron chi connectivity index (χ4n) is 0.917. The Bertz CT molecular complexity index is 295. The third-order valence-electron chi connectivity index (χ3n) is 1.53. The predicted molar refractivity (Wildman–Crippen MR) is 56.5 cm³/mol. The topological polar surface area (TPSA) is 29.1 Å². The van der Waals surface area contributed by atoms with Gasteiger partial charge in [-0.1, -0.05) is 30.3 Å². The number of nitrogens with one attached hydrogen (secondary N) is 1. The Labute approximate surface area is 81.1 Å². The van der Waals surface area contributed by atoms with E-state index in [0.717, 1.165) is 6.54 Å². The van der Waals surface area contributed by atoms with E-state index in [9.17, 15) is 4.21 Å². The van der Waals surface area contributed by atoms with Crippen molar-refractivity contribution >= 4 is 10.8 Å². The standard InChI is InChI=1S/C10H13NOS/c1-13(12)8-7-11-9-10-5-3-2-4-6-10/h2-8,11H,9H2,1H3/b8-7+. The van der Waals surface area contributed by atoms with Crippen LogP contribution in [0.1, 0.15) is 5.56 Å². The zero-order valence-electron chi connectivity index (χ0n) is 7.57. The van der Waals surface area contributed by atoms with Crippen LogP contribution in [0.3, 0.4) is 0 Å². The Morgan fingerprint density at radius 3 is 2.69 bits per heavy atom. The number of rotatable bonds is 4. The first kappa shape index (κ1) is 9.99. The molecule has 1 aromatic rings. The minimum atomic E-state index is -0.867. The van der Waals surface area contributed by atoms with Gasteiger partial charge >= 0.3 is 0 Å². The lowest BCUT2D eigenvalue weighted by Crippen LogP contribution is -2.04. The highest BCUT2D eigenvalue weighted by Gasteiger charge is 1.86. The molecule has 13 heavy (non-hydrogen) atoms. The summed E-state index contributed by atoms with van der Waals surface area (Å²) >= 11 is 0. The Morgan fingerprint density at radius 2 is 2.08 bits per heavy atom.